The van der Waals surface area contributed by atoms with E-state index in [1.165, 1.54) is 23.1 Å². The van der Waals surface area contributed by atoms with Crippen molar-refractivity contribution < 1.29 is 13.2 Å². The summed E-state index contributed by atoms with van der Waals surface area (Å²) in [5, 5.41) is 3.59. The van der Waals surface area contributed by atoms with Crippen LogP contribution in [0.4, 0.5) is 11.4 Å². The van der Waals surface area contributed by atoms with Crippen molar-refractivity contribution in [3.63, 3.8) is 0 Å². The fourth-order valence-electron chi connectivity index (χ4n) is 3.33. The molecular weight excluding hydrogens is 468 g/mol. The Morgan fingerprint density at radius 1 is 1.19 bits per heavy atom. The van der Waals surface area contributed by atoms with Crippen LogP contribution in [0.1, 0.15) is 25.3 Å². The predicted octanol–water partition coefficient (Wildman–Crippen LogP) is 4.79. The van der Waals surface area contributed by atoms with E-state index in [1.54, 1.807) is 18.2 Å². The second-order valence-electron chi connectivity index (χ2n) is 7.61. The maximum atomic E-state index is 12.9. The number of aromatic nitrogens is 2. The zero-order chi connectivity index (χ0) is 23.0. The van der Waals surface area contributed by atoms with Gasteiger partial charge in [0, 0.05) is 23.3 Å². The third kappa shape index (κ3) is 4.32. The minimum atomic E-state index is -3.79. The van der Waals surface area contributed by atoms with Gasteiger partial charge in [0.1, 0.15) is 4.90 Å². The number of nitrogens with zero attached hydrogens (tertiary/aromatic N) is 3. The first-order valence-corrected chi connectivity index (χ1v) is 12.7. The second kappa shape index (κ2) is 8.73. The topological polar surface area (TPSA) is 92.3 Å². The summed E-state index contributed by atoms with van der Waals surface area (Å²) in [4.78, 5) is 21.0. The molecule has 10 heteroatoms. The number of benzene rings is 2. The molecule has 0 fully saturated rings. The lowest BCUT2D eigenvalue weighted by atomic mass is 10.0. The average Bonchev–Trinajstić information content (AvgIpc) is 2.76. The van der Waals surface area contributed by atoms with Gasteiger partial charge in [-0.3, -0.25) is 9.10 Å². The van der Waals surface area contributed by atoms with Gasteiger partial charge in [-0.1, -0.05) is 49.3 Å². The third-order valence-electron chi connectivity index (χ3n) is 5.12. The summed E-state index contributed by atoms with van der Waals surface area (Å²) in [6.07, 6.45) is 1.29. The Morgan fingerprint density at radius 2 is 1.91 bits per heavy atom. The number of carbonyl (C=O) groups excluding carboxylic acids is 1. The Balaban J connectivity index is 1.52. The van der Waals surface area contributed by atoms with Crippen LogP contribution < -0.4 is 9.62 Å². The molecule has 0 radical (unpaired) electrons. The summed E-state index contributed by atoms with van der Waals surface area (Å²) in [5.74, 6) is 0.305. The molecule has 1 aliphatic rings. The monoisotopic (exact) mass is 488 g/mol. The summed E-state index contributed by atoms with van der Waals surface area (Å²) in [6, 6.07) is 12.7. The minimum absolute atomic E-state index is 0.0221. The fourth-order valence-corrected chi connectivity index (χ4v) is 5.40. The SMILES string of the molecule is CC(C)c1ccc(NC(=O)CSc2ncc3c(n2)-c2ccc(Cl)cc2N(C)S3(=O)=O)cc1. The van der Waals surface area contributed by atoms with E-state index in [4.69, 9.17) is 11.6 Å². The molecule has 32 heavy (non-hydrogen) atoms. The zero-order valence-electron chi connectivity index (χ0n) is 17.7. The highest BCUT2D eigenvalue weighted by atomic mass is 35.5. The van der Waals surface area contributed by atoms with Crippen LogP contribution in [-0.2, 0) is 14.8 Å². The molecule has 1 N–H and O–H groups in total. The lowest BCUT2D eigenvalue weighted by molar-refractivity contribution is -0.113. The Kier molecular flexibility index (Phi) is 6.15. The van der Waals surface area contributed by atoms with Gasteiger partial charge in [0.15, 0.2) is 5.16 Å². The third-order valence-corrected chi connectivity index (χ3v) is 7.99. The van der Waals surface area contributed by atoms with Gasteiger partial charge < -0.3 is 5.32 Å². The largest absolute Gasteiger partial charge is 0.325 e. The second-order valence-corrected chi connectivity index (χ2v) is 10.9. The van der Waals surface area contributed by atoms with E-state index in [2.05, 4.69) is 29.1 Å². The number of rotatable bonds is 5. The number of thioether (sulfide) groups is 1. The molecule has 0 saturated heterocycles. The van der Waals surface area contributed by atoms with Gasteiger partial charge in [-0.15, -0.1) is 0 Å². The van der Waals surface area contributed by atoms with E-state index in [0.29, 0.717) is 38.7 Å². The molecule has 1 amide bonds. The van der Waals surface area contributed by atoms with Crippen LogP contribution in [-0.4, -0.2) is 37.1 Å². The van der Waals surface area contributed by atoms with Crippen LogP contribution in [0.5, 0.6) is 0 Å². The number of hydrogen-bond acceptors (Lipinski definition) is 6. The number of sulfonamides is 1. The van der Waals surface area contributed by atoms with Crippen molar-refractivity contribution >= 4 is 50.7 Å². The standard InChI is InChI=1S/C22H21ClN4O3S2/c1-13(2)14-4-7-16(8-5-14)25-20(28)12-31-22-24-11-19-21(26-22)17-9-6-15(23)10-18(17)27(3)32(19,29)30/h4-11,13H,12H2,1-3H3,(H,25,28). The Labute approximate surface area is 196 Å². The number of amides is 1. The van der Waals surface area contributed by atoms with Crippen molar-refractivity contribution in [2.24, 2.45) is 0 Å². The first kappa shape index (κ1) is 22.6. The molecule has 2 aromatic carbocycles. The number of fused-ring (bicyclic) bond motifs is 3. The van der Waals surface area contributed by atoms with Crippen molar-refractivity contribution in [2.45, 2.75) is 29.8 Å². The van der Waals surface area contributed by atoms with E-state index in [0.717, 1.165) is 11.8 Å². The van der Waals surface area contributed by atoms with E-state index >= 15 is 0 Å². The maximum Gasteiger partial charge on any atom is 0.267 e. The van der Waals surface area contributed by atoms with Gasteiger partial charge in [-0.25, -0.2) is 18.4 Å². The van der Waals surface area contributed by atoms with Gasteiger partial charge in [-0.05, 0) is 41.8 Å². The van der Waals surface area contributed by atoms with Gasteiger partial charge in [-0.2, -0.15) is 0 Å². The number of anilines is 2. The molecule has 0 atom stereocenters. The van der Waals surface area contributed by atoms with Gasteiger partial charge in [0.2, 0.25) is 5.91 Å². The smallest absolute Gasteiger partial charge is 0.267 e. The Hall–Kier alpha value is -2.62. The summed E-state index contributed by atoms with van der Waals surface area (Å²) in [5.41, 5.74) is 3.30. The lowest BCUT2D eigenvalue weighted by Crippen LogP contribution is -2.31. The Bertz CT molecular complexity index is 1300. The molecule has 1 aliphatic heterocycles. The number of halogens is 1. The zero-order valence-corrected chi connectivity index (χ0v) is 20.1. The number of nitrogens with one attached hydrogen (secondary N) is 1. The first-order valence-electron chi connectivity index (χ1n) is 9.85. The van der Waals surface area contributed by atoms with Gasteiger partial charge in [0.05, 0.1) is 23.3 Å². The highest BCUT2D eigenvalue weighted by molar-refractivity contribution is 7.99. The van der Waals surface area contributed by atoms with E-state index in [9.17, 15) is 13.2 Å². The van der Waals surface area contributed by atoms with Crippen molar-refractivity contribution in [1.29, 1.82) is 0 Å². The van der Waals surface area contributed by atoms with Crippen LogP contribution in [0.2, 0.25) is 5.02 Å². The van der Waals surface area contributed by atoms with Crippen molar-refractivity contribution in [2.75, 3.05) is 22.4 Å². The van der Waals surface area contributed by atoms with E-state index in [1.807, 2.05) is 24.3 Å². The molecule has 0 bridgehead atoms. The normalized spacial score (nSPS) is 14.1. The molecule has 3 aromatic rings. The summed E-state index contributed by atoms with van der Waals surface area (Å²) in [7, 11) is -2.32. The quantitative estimate of drug-likeness (QED) is 0.410. The van der Waals surface area contributed by atoms with Crippen molar-refractivity contribution in [3.05, 3.63) is 59.2 Å². The summed E-state index contributed by atoms with van der Waals surface area (Å²) >= 11 is 7.20. The van der Waals surface area contributed by atoms with Crippen LogP contribution in [0.3, 0.4) is 0 Å². The summed E-state index contributed by atoms with van der Waals surface area (Å²) < 4.78 is 26.9. The fraction of sp³-hybridized carbons (Fsp3) is 0.227. The molecule has 2 heterocycles. The highest BCUT2D eigenvalue weighted by Gasteiger charge is 2.34. The highest BCUT2D eigenvalue weighted by Crippen LogP contribution is 2.42. The van der Waals surface area contributed by atoms with Gasteiger partial charge >= 0.3 is 0 Å². The molecule has 166 valence electrons. The van der Waals surface area contributed by atoms with E-state index < -0.39 is 10.0 Å². The van der Waals surface area contributed by atoms with Crippen LogP contribution in [0, 0.1) is 0 Å². The molecule has 4 rings (SSSR count). The molecule has 0 saturated carbocycles. The van der Waals surface area contributed by atoms with Gasteiger partial charge in [0.25, 0.3) is 10.0 Å². The van der Waals surface area contributed by atoms with Crippen molar-refractivity contribution in [3.8, 4) is 11.3 Å². The molecule has 0 aliphatic carbocycles. The summed E-state index contributed by atoms with van der Waals surface area (Å²) in [6.45, 7) is 4.22. The predicted molar refractivity (Wildman–Crippen MR) is 128 cm³/mol. The molecule has 1 aromatic heterocycles. The molecule has 0 spiro atoms. The number of carbonyl (C=O) groups is 1. The van der Waals surface area contributed by atoms with E-state index in [-0.39, 0.29) is 16.6 Å². The van der Waals surface area contributed by atoms with Crippen LogP contribution in [0.15, 0.2) is 58.7 Å². The molecule has 0 unspecified atom stereocenters. The first-order chi connectivity index (χ1) is 15.2. The molecule has 7 nitrogen and oxygen atoms in total. The average molecular weight is 489 g/mol. The maximum absolute atomic E-state index is 12.9. The van der Waals surface area contributed by atoms with Crippen LogP contribution in [0.25, 0.3) is 11.3 Å². The Morgan fingerprint density at radius 3 is 2.59 bits per heavy atom. The lowest BCUT2D eigenvalue weighted by Gasteiger charge is -2.28. The van der Waals surface area contributed by atoms with Crippen molar-refractivity contribution in [1.82, 2.24) is 9.97 Å². The van der Waals surface area contributed by atoms with Crippen LogP contribution >= 0.6 is 23.4 Å². The minimum Gasteiger partial charge on any atom is -0.325 e. The molecular formula is C22H21ClN4O3S2. The number of hydrogen-bond donors (Lipinski definition) is 1.